The molecule has 0 bridgehead atoms. The van der Waals surface area contributed by atoms with Gasteiger partial charge >= 0.3 is 0 Å². The summed E-state index contributed by atoms with van der Waals surface area (Å²) in [6.07, 6.45) is 4.14. The van der Waals surface area contributed by atoms with E-state index in [1.54, 1.807) is 12.1 Å². The number of hydrogen-bond donors (Lipinski definition) is 2. The first kappa shape index (κ1) is 14.7. The molecule has 1 heterocycles. The van der Waals surface area contributed by atoms with Crippen LogP contribution in [0.5, 0.6) is 0 Å². The van der Waals surface area contributed by atoms with Crippen LogP contribution < -0.4 is 5.73 Å². The van der Waals surface area contributed by atoms with E-state index in [2.05, 4.69) is 4.90 Å². The van der Waals surface area contributed by atoms with E-state index in [1.807, 2.05) is 0 Å². The summed E-state index contributed by atoms with van der Waals surface area (Å²) in [5.74, 6) is 0. The van der Waals surface area contributed by atoms with Crippen LogP contribution in [0.2, 0.25) is 0 Å². The van der Waals surface area contributed by atoms with Crippen molar-refractivity contribution in [2.75, 3.05) is 18.9 Å². The summed E-state index contributed by atoms with van der Waals surface area (Å²) in [7, 11) is 0. The standard InChI is InChI=1S/C14H21N3O3/c15-13-9-11(5-6-14(13)17(19)20)10-16-7-1-3-12(16)4-2-8-18/h5-6,9,12,18H,1-4,7-8,10,15H2. The maximum Gasteiger partial charge on any atom is 0.292 e. The Morgan fingerprint density at radius 3 is 2.95 bits per heavy atom. The third kappa shape index (κ3) is 3.46. The van der Waals surface area contributed by atoms with E-state index in [9.17, 15) is 10.1 Å². The highest BCUT2D eigenvalue weighted by Gasteiger charge is 2.24. The molecule has 1 aromatic carbocycles. The Balaban J connectivity index is 2.02. The number of nitro benzene ring substituents is 1. The van der Waals surface area contributed by atoms with Gasteiger partial charge in [0.2, 0.25) is 0 Å². The minimum atomic E-state index is -0.459. The summed E-state index contributed by atoms with van der Waals surface area (Å²) in [6.45, 7) is 2.03. The minimum absolute atomic E-state index is 0.0352. The normalized spacial score (nSPS) is 19.4. The summed E-state index contributed by atoms with van der Waals surface area (Å²) in [4.78, 5) is 12.7. The van der Waals surface area contributed by atoms with Crippen LogP contribution in [0.4, 0.5) is 11.4 Å². The quantitative estimate of drug-likeness (QED) is 0.471. The van der Waals surface area contributed by atoms with Crippen molar-refractivity contribution < 1.29 is 10.0 Å². The zero-order valence-corrected chi connectivity index (χ0v) is 11.5. The van der Waals surface area contributed by atoms with Crippen molar-refractivity contribution in [3.63, 3.8) is 0 Å². The lowest BCUT2D eigenvalue weighted by molar-refractivity contribution is -0.383. The first-order chi connectivity index (χ1) is 9.61. The van der Waals surface area contributed by atoms with Gasteiger partial charge in [-0.25, -0.2) is 0 Å². The Morgan fingerprint density at radius 2 is 2.30 bits per heavy atom. The van der Waals surface area contributed by atoms with Crippen molar-refractivity contribution in [2.45, 2.75) is 38.3 Å². The Hall–Kier alpha value is -1.66. The SMILES string of the molecule is Nc1cc(CN2CCCC2CCCO)ccc1[N+](=O)[O-]. The Labute approximate surface area is 118 Å². The lowest BCUT2D eigenvalue weighted by atomic mass is 10.1. The van der Waals surface area contributed by atoms with Crippen molar-refractivity contribution in [1.29, 1.82) is 0 Å². The molecular weight excluding hydrogens is 258 g/mol. The average Bonchev–Trinajstić information content (AvgIpc) is 2.83. The van der Waals surface area contributed by atoms with Gasteiger partial charge in [0.25, 0.3) is 5.69 Å². The Morgan fingerprint density at radius 1 is 1.50 bits per heavy atom. The molecule has 2 rings (SSSR count). The predicted octanol–water partition coefficient (Wildman–Crippen LogP) is 1.91. The smallest absolute Gasteiger partial charge is 0.292 e. The zero-order chi connectivity index (χ0) is 14.5. The van der Waals surface area contributed by atoms with Gasteiger partial charge in [0.15, 0.2) is 0 Å². The monoisotopic (exact) mass is 279 g/mol. The van der Waals surface area contributed by atoms with Crippen LogP contribution in [0.15, 0.2) is 18.2 Å². The van der Waals surface area contributed by atoms with Crippen molar-refractivity contribution >= 4 is 11.4 Å². The molecule has 6 nitrogen and oxygen atoms in total. The highest BCUT2D eigenvalue weighted by molar-refractivity contribution is 5.59. The van der Waals surface area contributed by atoms with Gasteiger partial charge in [-0.2, -0.15) is 0 Å². The molecule has 1 fully saturated rings. The summed E-state index contributed by atoms with van der Waals surface area (Å²) in [5.41, 5.74) is 6.91. The lowest BCUT2D eigenvalue weighted by Gasteiger charge is -2.24. The van der Waals surface area contributed by atoms with Crippen LogP contribution in [0, 0.1) is 10.1 Å². The molecule has 0 aromatic heterocycles. The molecule has 1 aromatic rings. The number of anilines is 1. The second kappa shape index (κ2) is 6.67. The van der Waals surface area contributed by atoms with E-state index >= 15 is 0 Å². The van der Waals surface area contributed by atoms with Gasteiger partial charge in [0, 0.05) is 25.3 Å². The Kier molecular flexibility index (Phi) is 4.92. The number of likely N-dealkylation sites (tertiary alicyclic amines) is 1. The van der Waals surface area contributed by atoms with E-state index in [0.29, 0.717) is 6.04 Å². The molecule has 0 saturated carbocycles. The lowest BCUT2D eigenvalue weighted by Crippen LogP contribution is -2.29. The number of aliphatic hydroxyl groups excluding tert-OH is 1. The molecule has 0 amide bonds. The van der Waals surface area contributed by atoms with Gasteiger partial charge in [-0.15, -0.1) is 0 Å². The van der Waals surface area contributed by atoms with Crippen LogP contribution in [-0.4, -0.2) is 34.1 Å². The molecule has 1 saturated heterocycles. The van der Waals surface area contributed by atoms with Gasteiger partial charge in [0.1, 0.15) is 5.69 Å². The van der Waals surface area contributed by atoms with E-state index in [1.165, 1.54) is 12.5 Å². The molecule has 3 N–H and O–H groups in total. The molecule has 1 atom stereocenters. The van der Waals surface area contributed by atoms with E-state index < -0.39 is 4.92 Å². The summed E-state index contributed by atoms with van der Waals surface area (Å²) >= 11 is 0. The molecule has 0 spiro atoms. The van der Waals surface area contributed by atoms with E-state index in [-0.39, 0.29) is 18.0 Å². The fourth-order valence-electron chi connectivity index (χ4n) is 2.86. The van der Waals surface area contributed by atoms with Gasteiger partial charge in [-0.3, -0.25) is 15.0 Å². The second-order valence-electron chi connectivity index (χ2n) is 5.28. The molecule has 110 valence electrons. The number of nitro groups is 1. The minimum Gasteiger partial charge on any atom is -0.396 e. The first-order valence-electron chi connectivity index (χ1n) is 6.99. The zero-order valence-electron chi connectivity index (χ0n) is 11.5. The van der Waals surface area contributed by atoms with Crippen molar-refractivity contribution in [2.24, 2.45) is 0 Å². The Bertz CT molecular complexity index is 479. The van der Waals surface area contributed by atoms with Crippen LogP contribution in [0.1, 0.15) is 31.2 Å². The third-order valence-electron chi connectivity index (χ3n) is 3.87. The predicted molar refractivity (Wildman–Crippen MR) is 77.3 cm³/mol. The van der Waals surface area contributed by atoms with Crippen molar-refractivity contribution in [3.8, 4) is 0 Å². The van der Waals surface area contributed by atoms with Gasteiger partial charge in [-0.1, -0.05) is 6.07 Å². The summed E-state index contributed by atoms with van der Waals surface area (Å²) in [6, 6.07) is 5.44. The summed E-state index contributed by atoms with van der Waals surface area (Å²) < 4.78 is 0. The maximum absolute atomic E-state index is 10.7. The molecule has 6 heteroatoms. The molecule has 0 radical (unpaired) electrons. The van der Waals surface area contributed by atoms with Crippen LogP contribution in [0.25, 0.3) is 0 Å². The maximum atomic E-state index is 10.7. The second-order valence-corrected chi connectivity index (χ2v) is 5.28. The highest BCUT2D eigenvalue weighted by Crippen LogP contribution is 2.26. The average molecular weight is 279 g/mol. The van der Waals surface area contributed by atoms with E-state index in [0.717, 1.165) is 37.9 Å². The van der Waals surface area contributed by atoms with E-state index in [4.69, 9.17) is 10.8 Å². The number of nitrogens with two attached hydrogens (primary N) is 1. The van der Waals surface area contributed by atoms with Gasteiger partial charge < -0.3 is 10.8 Å². The number of hydrogen-bond acceptors (Lipinski definition) is 5. The number of benzene rings is 1. The highest BCUT2D eigenvalue weighted by atomic mass is 16.6. The van der Waals surface area contributed by atoms with Crippen LogP contribution in [-0.2, 0) is 6.54 Å². The van der Waals surface area contributed by atoms with Gasteiger partial charge in [-0.05, 0) is 43.9 Å². The fourth-order valence-corrected chi connectivity index (χ4v) is 2.86. The molecule has 1 aliphatic rings. The molecule has 1 unspecified atom stereocenters. The number of nitrogen functional groups attached to an aromatic ring is 1. The summed E-state index contributed by atoms with van der Waals surface area (Å²) in [5, 5.41) is 19.7. The first-order valence-corrected chi connectivity index (χ1v) is 6.99. The molecule has 20 heavy (non-hydrogen) atoms. The fraction of sp³-hybridized carbons (Fsp3) is 0.571. The molecule has 1 aliphatic heterocycles. The number of aliphatic hydroxyl groups is 1. The number of rotatable bonds is 6. The van der Waals surface area contributed by atoms with Crippen molar-refractivity contribution in [3.05, 3.63) is 33.9 Å². The van der Waals surface area contributed by atoms with Crippen LogP contribution in [0.3, 0.4) is 0 Å². The molecular formula is C14H21N3O3. The molecule has 0 aliphatic carbocycles. The topological polar surface area (TPSA) is 92.6 Å². The largest absolute Gasteiger partial charge is 0.396 e. The van der Waals surface area contributed by atoms with Crippen LogP contribution >= 0.6 is 0 Å². The third-order valence-corrected chi connectivity index (χ3v) is 3.87. The van der Waals surface area contributed by atoms with Crippen molar-refractivity contribution in [1.82, 2.24) is 4.90 Å². The number of nitrogens with zero attached hydrogens (tertiary/aromatic N) is 2. The van der Waals surface area contributed by atoms with Gasteiger partial charge in [0.05, 0.1) is 4.92 Å².